The molecule has 0 N–H and O–H groups in total. The molecule has 0 bridgehead atoms. The molecular formula is C40H70O7. The molecule has 0 amide bonds. The van der Waals surface area contributed by atoms with Crippen molar-refractivity contribution in [1.29, 1.82) is 0 Å². The Morgan fingerprint density at radius 1 is 0.447 bits per heavy atom. The molecule has 0 aromatic rings. The molecule has 3 aliphatic heterocycles. The van der Waals surface area contributed by atoms with Crippen molar-refractivity contribution in [3.63, 3.8) is 0 Å². The van der Waals surface area contributed by atoms with E-state index in [1.165, 1.54) is 128 Å². The van der Waals surface area contributed by atoms with Crippen LogP contribution in [0.5, 0.6) is 0 Å². The lowest BCUT2D eigenvalue weighted by Gasteiger charge is -2.26. The van der Waals surface area contributed by atoms with Crippen molar-refractivity contribution < 1.29 is 33.3 Å². The molecule has 4 rings (SSSR count). The summed E-state index contributed by atoms with van der Waals surface area (Å²) in [6, 6.07) is 0. The molecule has 7 heteroatoms. The van der Waals surface area contributed by atoms with Gasteiger partial charge in [-0.2, -0.15) is 0 Å². The SMILES string of the molecule is CCC1OC1CCCCCCCCCCCCOC(=O)C1CC2OC2CC1C(=O)OCCCCCCCCCCCCC1OC1CC. The normalized spacial score (nSPS) is 28.9. The standard InChI is InChI=1S/C40H70O7/c1-3-33-35(45-33)25-21-17-13-9-5-7-11-15-19-23-27-43-39(41)31-29-37-38(47-37)30-32(31)40(42)44-28-24-20-16-12-8-6-10-14-18-22-26-36-34(4-2)46-36/h31-38H,3-30H2,1-2H3. The van der Waals surface area contributed by atoms with Crippen LogP contribution in [0.25, 0.3) is 0 Å². The van der Waals surface area contributed by atoms with Crippen LogP contribution in [0, 0.1) is 11.8 Å². The van der Waals surface area contributed by atoms with Crippen molar-refractivity contribution in [3.8, 4) is 0 Å². The third-order valence-corrected chi connectivity index (χ3v) is 11.2. The first-order valence-corrected chi connectivity index (χ1v) is 20.4. The molecule has 8 atom stereocenters. The van der Waals surface area contributed by atoms with Gasteiger partial charge < -0.3 is 23.7 Å². The molecule has 3 saturated heterocycles. The summed E-state index contributed by atoms with van der Waals surface area (Å²) in [7, 11) is 0. The highest BCUT2D eigenvalue weighted by Crippen LogP contribution is 2.44. The summed E-state index contributed by atoms with van der Waals surface area (Å²) in [6.45, 7) is 5.32. The number of unbranched alkanes of at least 4 members (excludes halogenated alkanes) is 18. The topological polar surface area (TPSA) is 90.2 Å². The quantitative estimate of drug-likeness (QED) is 0.0430. The fourth-order valence-electron chi connectivity index (χ4n) is 7.81. The van der Waals surface area contributed by atoms with E-state index in [0.717, 1.165) is 25.7 Å². The number of epoxide rings is 3. The summed E-state index contributed by atoms with van der Waals surface area (Å²) in [5.41, 5.74) is 0. The van der Waals surface area contributed by atoms with Gasteiger partial charge in [0.2, 0.25) is 0 Å². The number of hydrogen-bond donors (Lipinski definition) is 0. The Hall–Kier alpha value is -1.18. The first-order valence-electron chi connectivity index (χ1n) is 20.4. The van der Waals surface area contributed by atoms with Crippen LogP contribution in [-0.4, -0.2) is 61.8 Å². The monoisotopic (exact) mass is 663 g/mol. The zero-order valence-electron chi connectivity index (χ0n) is 30.3. The molecule has 7 nitrogen and oxygen atoms in total. The molecule has 0 spiro atoms. The summed E-state index contributed by atoms with van der Waals surface area (Å²) >= 11 is 0. The second kappa shape index (κ2) is 22.5. The van der Waals surface area contributed by atoms with Gasteiger partial charge in [0.05, 0.1) is 61.7 Å². The van der Waals surface area contributed by atoms with Crippen molar-refractivity contribution >= 4 is 11.9 Å². The molecule has 47 heavy (non-hydrogen) atoms. The van der Waals surface area contributed by atoms with Crippen molar-refractivity contribution in [2.24, 2.45) is 11.8 Å². The van der Waals surface area contributed by atoms with Gasteiger partial charge in [0, 0.05) is 0 Å². The lowest BCUT2D eigenvalue weighted by atomic mass is 9.79. The summed E-state index contributed by atoms with van der Waals surface area (Å²) in [5.74, 6) is -1.32. The van der Waals surface area contributed by atoms with Gasteiger partial charge >= 0.3 is 11.9 Å². The van der Waals surface area contributed by atoms with Gasteiger partial charge in [-0.15, -0.1) is 0 Å². The number of carbonyl (C=O) groups is 2. The van der Waals surface area contributed by atoms with Gasteiger partial charge in [-0.3, -0.25) is 9.59 Å². The lowest BCUT2D eigenvalue weighted by Crippen LogP contribution is -2.37. The Labute approximate surface area is 287 Å². The molecule has 0 aromatic carbocycles. The molecule has 1 saturated carbocycles. The van der Waals surface area contributed by atoms with Crippen molar-refractivity contribution in [2.45, 2.75) is 217 Å². The Morgan fingerprint density at radius 3 is 1.09 bits per heavy atom. The average Bonchev–Trinajstić information content (AvgIpc) is 3.99. The second-order valence-electron chi connectivity index (χ2n) is 15.1. The highest BCUT2D eigenvalue weighted by atomic mass is 16.6. The van der Waals surface area contributed by atoms with Gasteiger partial charge in [0.25, 0.3) is 0 Å². The fourth-order valence-corrected chi connectivity index (χ4v) is 7.81. The van der Waals surface area contributed by atoms with Crippen LogP contribution in [0.3, 0.4) is 0 Å². The van der Waals surface area contributed by atoms with E-state index in [2.05, 4.69) is 13.8 Å². The molecule has 4 aliphatic rings. The predicted molar refractivity (Wildman–Crippen MR) is 186 cm³/mol. The van der Waals surface area contributed by atoms with E-state index in [-0.39, 0.29) is 24.1 Å². The molecule has 8 unspecified atom stereocenters. The molecule has 4 fully saturated rings. The van der Waals surface area contributed by atoms with E-state index in [9.17, 15) is 9.59 Å². The Morgan fingerprint density at radius 2 is 0.766 bits per heavy atom. The maximum absolute atomic E-state index is 13.0. The number of fused-ring (bicyclic) bond motifs is 1. The molecule has 0 radical (unpaired) electrons. The summed E-state index contributed by atoms with van der Waals surface area (Å²) in [4.78, 5) is 25.9. The van der Waals surface area contributed by atoms with Gasteiger partial charge in [-0.05, 0) is 51.4 Å². The number of rotatable bonds is 30. The van der Waals surface area contributed by atoms with E-state index in [4.69, 9.17) is 23.7 Å². The molecule has 3 heterocycles. The minimum Gasteiger partial charge on any atom is -0.465 e. The zero-order valence-corrected chi connectivity index (χ0v) is 30.3. The van der Waals surface area contributed by atoms with Crippen LogP contribution >= 0.6 is 0 Å². The largest absolute Gasteiger partial charge is 0.465 e. The number of ether oxygens (including phenoxy) is 5. The van der Waals surface area contributed by atoms with Gasteiger partial charge in [0.15, 0.2) is 0 Å². The zero-order chi connectivity index (χ0) is 33.1. The van der Waals surface area contributed by atoms with Crippen LogP contribution < -0.4 is 0 Å². The molecule has 1 aliphatic carbocycles. The van der Waals surface area contributed by atoms with E-state index in [1.54, 1.807) is 0 Å². The van der Waals surface area contributed by atoms with E-state index in [1.807, 2.05) is 0 Å². The third kappa shape index (κ3) is 15.5. The van der Waals surface area contributed by atoms with E-state index in [0.29, 0.717) is 50.5 Å². The van der Waals surface area contributed by atoms with Crippen LogP contribution in [0.1, 0.15) is 181 Å². The van der Waals surface area contributed by atoms with E-state index >= 15 is 0 Å². The Balaban J connectivity index is 0.919. The average molecular weight is 663 g/mol. The van der Waals surface area contributed by atoms with Gasteiger partial charge in [0.1, 0.15) is 0 Å². The minimum atomic E-state index is -0.425. The number of hydrogen-bond acceptors (Lipinski definition) is 7. The summed E-state index contributed by atoms with van der Waals surface area (Å²) in [5, 5.41) is 0. The number of esters is 2. The van der Waals surface area contributed by atoms with Crippen molar-refractivity contribution in [1.82, 2.24) is 0 Å². The fraction of sp³-hybridized carbons (Fsp3) is 0.950. The summed E-state index contributed by atoms with van der Waals surface area (Å²) < 4.78 is 28.3. The lowest BCUT2D eigenvalue weighted by molar-refractivity contribution is -0.162. The van der Waals surface area contributed by atoms with Crippen LogP contribution in [0.15, 0.2) is 0 Å². The molecule has 272 valence electrons. The van der Waals surface area contributed by atoms with Crippen molar-refractivity contribution in [2.75, 3.05) is 13.2 Å². The first kappa shape index (κ1) is 38.6. The Bertz CT molecular complexity index is 796. The van der Waals surface area contributed by atoms with Crippen LogP contribution in [0.4, 0.5) is 0 Å². The third-order valence-electron chi connectivity index (χ3n) is 11.2. The van der Waals surface area contributed by atoms with E-state index < -0.39 is 11.8 Å². The Kier molecular flexibility index (Phi) is 18.5. The number of carbonyl (C=O) groups excluding carboxylic acids is 2. The van der Waals surface area contributed by atoms with Crippen LogP contribution in [-0.2, 0) is 33.3 Å². The molecule has 0 aromatic heterocycles. The molecular weight excluding hydrogens is 592 g/mol. The maximum atomic E-state index is 13.0. The second-order valence-corrected chi connectivity index (χ2v) is 15.1. The predicted octanol–water partition coefficient (Wildman–Crippen LogP) is 9.80. The van der Waals surface area contributed by atoms with Gasteiger partial charge in [-0.1, -0.05) is 129 Å². The van der Waals surface area contributed by atoms with Crippen molar-refractivity contribution in [3.05, 3.63) is 0 Å². The van der Waals surface area contributed by atoms with Crippen LogP contribution in [0.2, 0.25) is 0 Å². The maximum Gasteiger partial charge on any atom is 0.309 e. The smallest absolute Gasteiger partial charge is 0.309 e. The highest BCUT2D eigenvalue weighted by molar-refractivity contribution is 5.82. The summed E-state index contributed by atoms with van der Waals surface area (Å²) in [6.07, 6.45) is 33.3. The van der Waals surface area contributed by atoms with Gasteiger partial charge in [-0.25, -0.2) is 0 Å². The first-order chi connectivity index (χ1) is 23.1. The minimum absolute atomic E-state index is 0.114. The highest BCUT2D eigenvalue weighted by Gasteiger charge is 2.53.